The van der Waals surface area contributed by atoms with Crippen molar-refractivity contribution in [3.05, 3.63) is 0 Å². The summed E-state index contributed by atoms with van der Waals surface area (Å²) >= 11 is 0. The van der Waals surface area contributed by atoms with Crippen molar-refractivity contribution in [2.75, 3.05) is 106 Å². The molecule has 0 saturated heterocycles. The molecule has 3 N–H and O–H groups in total. The Hall–Kier alpha value is -2.63. The first-order valence-corrected chi connectivity index (χ1v) is 16.9. The standard InChI is InChI=1S/C32H59BN4O11/c1-5-12-37(17-16-36(25-31(42)43)15-14-35(24-30(40)41)13-9-26(3)6-2)27(32(44)45-4)7-8-29(39)34-11-19-47-21-23-48-22-20-46-18-10-28(33)38/h26-27H,5-25H2,1-4H3,(H,34,39)(H,40,41)(H,42,43)/t26-,27?/m1/s1. The van der Waals surface area contributed by atoms with Gasteiger partial charge in [0.1, 0.15) is 6.04 Å². The monoisotopic (exact) mass is 686 g/mol. The second kappa shape index (κ2) is 29.3. The van der Waals surface area contributed by atoms with E-state index in [4.69, 9.17) is 26.8 Å². The smallest absolute Gasteiger partial charge is 0.323 e. The quantitative estimate of drug-likeness (QED) is 0.0492. The van der Waals surface area contributed by atoms with E-state index in [9.17, 15) is 34.2 Å². The summed E-state index contributed by atoms with van der Waals surface area (Å²) in [6, 6.07) is -0.695. The molecule has 0 fully saturated rings. The molecule has 1 unspecified atom stereocenters. The van der Waals surface area contributed by atoms with E-state index in [0.717, 1.165) is 19.3 Å². The molecule has 1 amide bonds. The first-order chi connectivity index (χ1) is 22.9. The number of carboxylic acids is 2. The number of hydrogen-bond acceptors (Lipinski definition) is 12. The zero-order chi connectivity index (χ0) is 36.2. The van der Waals surface area contributed by atoms with Gasteiger partial charge in [0.2, 0.25) is 5.91 Å². The summed E-state index contributed by atoms with van der Waals surface area (Å²) in [5.41, 5.74) is -0.418. The van der Waals surface area contributed by atoms with Crippen molar-refractivity contribution in [3.8, 4) is 0 Å². The van der Waals surface area contributed by atoms with Crippen LogP contribution in [-0.4, -0.2) is 174 Å². The number of ether oxygens (including phenoxy) is 4. The fourth-order valence-electron chi connectivity index (χ4n) is 4.71. The zero-order valence-corrected chi connectivity index (χ0v) is 29.5. The van der Waals surface area contributed by atoms with Gasteiger partial charge in [0.05, 0.1) is 65.5 Å². The van der Waals surface area contributed by atoms with Gasteiger partial charge in [-0.2, -0.15) is 0 Å². The minimum Gasteiger partial charge on any atom is -0.480 e. The Kier molecular flexibility index (Phi) is 27.7. The molecule has 0 heterocycles. The van der Waals surface area contributed by atoms with Crippen LogP contribution < -0.4 is 5.32 Å². The molecule has 0 aromatic rings. The largest absolute Gasteiger partial charge is 0.480 e. The minimum absolute atomic E-state index is 0.0814. The molecule has 0 aliphatic rings. The van der Waals surface area contributed by atoms with Gasteiger partial charge < -0.3 is 39.3 Å². The number of carbonyl (C=O) groups excluding carboxylic acids is 3. The number of amides is 1. The molecule has 16 heteroatoms. The number of nitrogens with zero attached hydrogens (tertiary/aromatic N) is 3. The average Bonchev–Trinajstić information content (AvgIpc) is 3.03. The third kappa shape index (κ3) is 25.4. The highest BCUT2D eigenvalue weighted by atomic mass is 16.5. The predicted molar refractivity (Wildman–Crippen MR) is 180 cm³/mol. The van der Waals surface area contributed by atoms with Crippen molar-refractivity contribution in [2.45, 2.75) is 65.3 Å². The summed E-state index contributed by atoms with van der Waals surface area (Å²) in [5, 5.41) is 21.7. The molecule has 276 valence electrons. The maximum Gasteiger partial charge on any atom is 0.323 e. The van der Waals surface area contributed by atoms with Crippen LogP contribution in [0.2, 0.25) is 0 Å². The van der Waals surface area contributed by atoms with E-state index in [2.05, 4.69) is 19.2 Å². The SMILES string of the molecule is [B]C(=O)CCOCCOCCOCCNC(=O)CCC(C(=O)OC)N(CCC)CCN(CCN(CC[C@H](C)CC)CC(=O)O)CC(=O)O. The second-order valence-electron chi connectivity index (χ2n) is 11.7. The molecule has 15 nitrogen and oxygen atoms in total. The van der Waals surface area contributed by atoms with E-state index in [0.29, 0.717) is 71.6 Å². The third-order valence-electron chi connectivity index (χ3n) is 7.66. The molecule has 0 aromatic heterocycles. The van der Waals surface area contributed by atoms with E-state index < -0.39 is 29.6 Å². The molecular formula is C32H59BN4O11. The molecule has 0 aromatic carbocycles. The Bertz CT molecular complexity index is 915. The van der Waals surface area contributed by atoms with E-state index in [1.165, 1.54) is 7.11 Å². The van der Waals surface area contributed by atoms with Gasteiger partial charge in [0.25, 0.3) is 0 Å². The van der Waals surface area contributed by atoms with Gasteiger partial charge in [-0.3, -0.25) is 33.9 Å². The van der Waals surface area contributed by atoms with Crippen LogP contribution in [0.4, 0.5) is 0 Å². The maximum atomic E-state index is 12.8. The number of hydrogen-bond donors (Lipinski definition) is 3. The van der Waals surface area contributed by atoms with Crippen LogP contribution in [0.25, 0.3) is 0 Å². The number of methoxy groups -OCH3 is 1. The number of carboxylic acid groups (broad SMARTS) is 2. The van der Waals surface area contributed by atoms with Gasteiger partial charge in [0.15, 0.2) is 7.85 Å². The zero-order valence-electron chi connectivity index (χ0n) is 29.5. The molecule has 0 aliphatic carbocycles. The highest BCUT2D eigenvalue weighted by molar-refractivity contribution is 6.57. The van der Waals surface area contributed by atoms with E-state index in [1.807, 2.05) is 16.7 Å². The first-order valence-electron chi connectivity index (χ1n) is 16.9. The molecule has 0 bridgehead atoms. The van der Waals surface area contributed by atoms with E-state index in [-0.39, 0.29) is 58.0 Å². The van der Waals surface area contributed by atoms with Crippen LogP contribution in [0, 0.1) is 5.92 Å². The van der Waals surface area contributed by atoms with Crippen LogP contribution in [-0.2, 0) is 42.9 Å². The van der Waals surface area contributed by atoms with Crippen molar-refractivity contribution < 1.29 is 53.1 Å². The van der Waals surface area contributed by atoms with E-state index in [1.54, 1.807) is 4.90 Å². The van der Waals surface area contributed by atoms with Crippen molar-refractivity contribution in [1.82, 2.24) is 20.0 Å². The van der Waals surface area contributed by atoms with Crippen molar-refractivity contribution in [3.63, 3.8) is 0 Å². The summed E-state index contributed by atoms with van der Waals surface area (Å²) in [5.74, 6) is -2.19. The minimum atomic E-state index is -0.998. The second-order valence-corrected chi connectivity index (χ2v) is 11.7. The Labute approximate surface area is 287 Å². The number of carbonyl (C=O) groups is 5. The maximum absolute atomic E-state index is 12.8. The lowest BCUT2D eigenvalue weighted by atomic mass is 10.0. The van der Waals surface area contributed by atoms with Gasteiger partial charge in [0, 0.05) is 45.6 Å². The lowest BCUT2D eigenvalue weighted by Crippen LogP contribution is -2.48. The summed E-state index contributed by atoms with van der Waals surface area (Å²) in [4.78, 5) is 64.5. The number of nitrogens with one attached hydrogen (secondary N) is 1. The Morgan fingerprint density at radius 2 is 1.27 bits per heavy atom. The summed E-state index contributed by atoms with van der Waals surface area (Å²) in [6.07, 6.45) is 3.03. The molecule has 0 aliphatic heterocycles. The Morgan fingerprint density at radius 1 is 0.729 bits per heavy atom. The van der Waals surface area contributed by atoms with Crippen LogP contribution in [0.1, 0.15) is 59.3 Å². The van der Waals surface area contributed by atoms with E-state index >= 15 is 0 Å². The lowest BCUT2D eigenvalue weighted by Gasteiger charge is -2.32. The Balaban J connectivity index is 4.85. The molecular weight excluding hydrogens is 627 g/mol. The average molecular weight is 687 g/mol. The van der Waals surface area contributed by atoms with Gasteiger partial charge in [-0.15, -0.1) is 0 Å². The fraction of sp³-hybridized carbons (Fsp3) is 0.844. The fourth-order valence-corrected chi connectivity index (χ4v) is 4.71. The lowest BCUT2D eigenvalue weighted by molar-refractivity contribution is -0.148. The van der Waals surface area contributed by atoms with Crippen molar-refractivity contribution in [1.29, 1.82) is 0 Å². The third-order valence-corrected chi connectivity index (χ3v) is 7.66. The molecule has 2 radical (unpaired) electrons. The first kappa shape index (κ1) is 45.4. The molecule has 48 heavy (non-hydrogen) atoms. The Morgan fingerprint density at radius 3 is 1.79 bits per heavy atom. The molecule has 0 spiro atoms. The van der Waals surface area contributed by atoms with Crippen molar-refractivity contribution >= 4 is 37.3 Å². The van der Waals surface area contributed by atoms with Crippen LogP contribution in [0.15, 0.2) is 0 Å². The highest BCUT2D eigenvalue weighted by Gasteiger charge is 2.28. The molecule has 0 saturated carbocycles. The molecule has 0 rings (SSSR count). The predicted octanol–water partition coefficient (Wildman–Crippen LogP) is 0.481. The number of esters is 1. The highest BCUT2D eigenvalue weighted by Crippen LogP contribution is 2.12. The van der Waals surface area contributed by atoms with Gasteiger partial charge in [-0.1, -0.05) is 27.2 Å². The number of rotatable bonds is 33. The number of aliphatic carboxylic acids is 2. The normalized spacial score (nSPS) is 12.7. The van der Waals surface area contributed by atoms with Crippen LogP contribution in [0.3, 0.4) is 0 Å². The van der Waals surface area contributed by atoms with Crippen molar-refractivity contribution in [2.24, 2.45) is 5.92 Å². The summed E-state index contributed by atoms with van der Waals surface area (Å²) in [6.45, 7) is 10.6. The van der Waals surface area contributed by atoms with Gasteiger partial charge in [-0.25, -0.2) is 0 Å². The van der Waals surface area contributed by atoms with Gasteiger partial charge >= 0.3 is 17.9 Å². The molecule has 2 atom stereocenters. The topological polar surface area (TPSA) is 184 Å². The van der Waals surface area contributed by atoms with Crippen LogP contribution >= 0.6 is 0 Å². The van der Waals surface area contributed by atoms with Crippen LogP contribution in [0.5, 0.6) is 0 Å². The summed E-state index contributed by atoms with van der Waals surface area (Å²) in [7, 11) is 6.33. The van der Waals surface area contributed by atoms with Gasteiger partial charge in [-0.05, 0) is 38.3 Å². The summed E-state index contributed by atoms with van der Waals surface area (Å²) < 4.78 is 21.1.